The molecule has 0 spiro atoms. The van der Waals surface area contributed by atoms with Crippen LogP contribution in [0.1, 0.15) is 36.1 Å². The molecule has 2 aromatic carbocycles. The van der Waals surface area contributed by atoms with Crippen molar-refractivity contribution >= 4 is 33.5 Å². The number of rotatable bonds is 6. The van der Waals surface area contributed by atoms with Gasteiger partial charge in [0.1, 0.15) is 12.1 Å². The van der Waals surface area contributed by atoms with Crippen LogP contribution in [0.15, 0.2) is 79.2 Å². The standard InChI is InChI=1S/C30H29N3S/c1-4-25-28(22-10-9-20-7-5-6-8-21(20)15-22)32-18-33-29(25)31-17-24-12-14-27(34-24)23-11-13-26-19(2)30(26,3)16-23/h5-16,18-19,26H,4,17H2,1-3H3,(H,31,32,33). The van der Waals surface area contributed by atoms with Crippen LogP contribution in [0.4, 0.5) is 5.82 Å². The molecule has 4 heteroatoms. The maximum atomic E-state index is 4.67. The van der Waals surface area contributed by atoms with E-state index in [1.807, 2.05) is 11.3 Å². The van der Waals surface area contributed by atoms with Crippen molar-refractivity contribution in [1.82, 2.24) is 9.97 Å². The van der Waals surface area contributed by atoms with Crippen LogP contribution in [0.25, 0.3) is 27.6 Å². The van der Waals surface area contributed by atoms with E-state index in [0.29, 0.717) is 5.41 Å². The third kappa shape index (κ3) is 3.57. The monoisotopic (exact) mass is 463 g/mol. The van der Waals surface area contributed by atoms with Crippen molar-refractivity contribution in [2.24, 2.45) is 17.3 Å². The summed E-state index contributed by atoms with van der Waals surface area (Å²) in [5, 5.41) is 6.07. The Bertz CT molecular complexity index is 1450. The topological polar surface area (TPSA) is 37.8 Å². The van der Waals surface area contributed by atoms with Crippen molar-refractivity contribution in [3.05, 3.63) is 94.5 Å². The molecule has 1 fully saturated rings. The number of allylic oxidation sites excluding steroid dienone is 4. The fourth-order valence-corrected chi connectivity index (χ4v) is 6.37. The summed E-state index contributed by atoms with van der Waals surface area (Å²) >= 11 is 1.87. The van der Waals surface area contributed by atoms with E-state index in [0.717, 1.165) is 47.4 Å². The molecule has 0 bridgehead atoms. The lowest BCUT2D eigenvalue weighted by Crippen LogP contribution is -2.06. The van der Waals surface area contributed by atoms with E-state index < -0.39 is 0 Å². The van der Waals surface area contributed by atoms with Crippen molar-refractivity contribution < 1.29 is 0 Å². The van der Waals surface area contributed by atoms with Gasteiger partial charge in [0.25, 0.3) is 0 Å². The van der Waals surface area contributed by atoms with Crippen molar-refractivity contribution in [2.45, 2.75) is 33.7 Å². The van der Waals surface area contributed by atoms with E-state index in [4.69, 9.17) is 0 Å². The van der Waals surface area contributed by atoms with Crippen LogP contribution in [0.5, 0.6) is 0 Å². The molecule has 1 saturated carbocycles. The summed E-state index contributed by atoms with van der Waals surface area (Å²) in [6.07, 6.45) is 9.75. The molecule has 6 rings (SSSR count). The van der Waals surface area contributed by atoms with Gasteiger partial charge in [-0.1, -0.05) is 75.4 Å². The average Bonchev–Trinajstić information content (AvgIpc) is 3.19. The van der Waals surface area contributed by atoms with Crippen LogP contribution >= 0.6 is 11.3 Å². The van der Waals surface area contributed by atoms with Crippen LogP contribution in [0.3, 0.4) is 0 Å². The molecule has 0 radical (unpaired) electrons. The Morgan fingerprint density at radius 2 is 1.88 bits per heavy atom. The molecular formula is C30H29N3S. The van der Waals surface area contributed by atoms with Crippen LogP contribution in [-0.4, -0.2) is 9.97 Å². The summed E-state index contributed by atoms with van der Waals surface area (Å²) in [5.41, 5.74) is 5.03. The molecule has 34 heavy (non-hydrogen) atoms. The van der Waals surface area contributed by atoms with Crippen LogP contribution in [0.2, 0.25) is 0 Å². The zero-order valence-electron chi connectivity index (χ0n) is 19.9. The summed E-state index contributed by atoms with van der Waals surface area (Å²) in [6, 6.07) is 19.5. The Labute approximate surface area is 205 Å². The fraction of sp³-hybridized carbons (Fsp3) is 0.267. The number of nitrogens with one attached hydrogen (secondary N) is 1. The summed E-state index contributed by atoms with van der Waals surface area (Å²) in [4.78, 5) is 11.9. The fourth-order valence-electron chi connectivity index (χ4n) is 5.42. The van der Waals surface area contributed by atoms with Crippen molar-refractivity contribution in [3.8, 4) is 11.3 Å². The Morgan fingerprint density at radius 3 is 2.71 bits per heavy atom. The SMILES string of the molecule is CCc1c(NCc2ccc(C3=CC4(C)C(C)C4C=C3)s2)ncnc1-c1ccc2ccccc2c1. The van der Waals surface area contributed by atoms with Gasteiger partial charge >= 0.3 is 0 Å². The lowest BCUT2D eigenvalue weighted by Gasteiger charge is -2.14. The van der Waals surface area contributed by atoms with Gasteiger partial charge in [0.2, 0.25) is 0 Å². The van der Waals surface area contributed by atoms with Crippen molar-refractivity contribution in [3.63, 3.8) is 0 Å². The van der Waals surface area contributed by atoms with Crippen LogP contribution in [-0.2, 0) is 13.0 Å². The number of fused-ring (bicyclic) bond motifs is 2. The molecule has 0 saturated heterocycles. The highest BCUT2D eigenvalue weighted by molar-refractivity contribution is 7.13. The van der Waals surface area contributed by atoms with Gasteiger partial charge in [-0.15, -0.1) is 11.3 Å². The Balaban J connectivity index is 1.23. The minimum Gasteiger partial charge on any atom is -0.365 e. The molecule has 4 aromatic rings. The Hall–Kier alpha value is -3.24. The second kappa shape index (κ2) is 8.21. The quantitative estimate of drug-likeness (QED) is 0.317. The molecule has 0 amide bonds. The van der Waals surface area contributed by atoms with Gasteiger partial charge in [-0.25, -0.2) is 9.97 Å². The van der Waals surface area contributed by atoms with Gasteiger partial charge in [-0.3, -0.25) is 0 Å². The summed E-state index contributed by atoms with van der Waals surface area (Å²) < 4.78 is 0. The number of thiophene rings is 1. The molecule has 2 aliphatic rings. The predicted octanol–water partition coefficient (Wildman–Crippen LogP) is 7.76. The van der Waals surface area contributed by atoms with Crippen molar-refractivity contribution in [1.29, 1.82) is 0 Å². The molecule has 2 heterocycles. The summed E-state index contributed by atoms with van der Waals surface area (Å²) in [6.45, 7) is 7.68. The highest BCUT2D eigenvalue weighted by atomic mass is 32.1. The third-order valence-corrected chi connectivity index (χ3v) is 8.91. The minimum absolute atomic E-state index is 0.350. The molecule has 2 aromatic heterocycles. The van der Waals surface area contributed by atoms with Gasteiger partial charge in [-0.2, -0.15) is 0 Å². The minimum atomic E-state index is 0.350. The third-order valence-electron chi connectivity index (χ3n) is 7.78. The Kier molecular flexibility index (Phi) is 5.14. The number of aromatic nitrogens is 2. The zero-order valence-corrected chi connectivity index (χ0v) is 20.7. The number of nitrogens with zero attached hydrogens (tertiary/aromatic N) is 2. The predicted molar refractivity (Wildman–Crippen MR) is 144 cm³/mol. The number of hydrogen-bond acceptors (Lipinski definition) is 4. The second-order valence-electron chi connectivity index (χ2n) is 9.72. The first kappa shape index (κ1) is 21.3. The van der Waals surface area contributed by atoms with Gasteiger partial charge in [0, 0.05) is 20.9 Å². The van der Waals surface area contributed by atoms with Crippen molar-refractivity contribution in [2.75, 3.05) is 5.32 Å². The second-order valence-corrected chi connectivity index (χ2v) is 10.9. The molecule has 3 atom stereocenters. The van der Waals surface area contributed by atoms with Crippen LogP contribution < -0.4 is 5.32 Å². The lowest BCUT2D eigenvalue weighted by atomic mass is 9.96. The lowest BCUT2D eigenvalue weighted by molar-refractivity contribution is 0.650. The molecule has 3 unspecified atom stereocenters. The van der Waals surface area contributed by atoms with E-state index >= 15 is 0 Å². The van der Waals surface area contributed by atoms with Gasteiger partial charge in [0.15, 0.2) is 0 Å². The molecule has 1 N–H and O–H groups in total. The molecule has 170 valence electrons. The molecule has 2 aliphatic carbocycles. The summed E-state index contributed by atoms with van der Waals surface area (Å²) in [7, 11) is 0. The maximum absolute atomic E-state index is 4.67. The van der Waals surface area contributed by atoms with E-state index in [2.05, 4.69) is 109 Å². The first-order valence-corrected chi connectivity index (χ1v) is 13.0. The summed E-state index contributed by atoms with van der Waals surface area (Å²) in [5.74, 6) is 2.40. The first-order valence-electron chi connectivity index (χ1n) is 12.1. The van der Waals surface area contributed by atoms with Gasteiger partial charge < -0.3 is 5.32 Å². The van der Waals surface area contributed by atoms with E-state index in [9.17, 15) is 0 Å². The van der Waals surface area contributed by atoms with Gasteiger partial charge in [0.05, 0.1) is 12.2 Å². The zero-order chi connectivity index (χ0) is 23.3. The van der Waals surface area contributed by atoms with E-state index in [1.165, 1.54) is 26.1 Å². The molecular weight excluding hydrogens is 434 g/mol. The number of anilines is 1. The maximum Gasteiger partial charge on any atom is 0.133 e. The normalized spacial score (nSPS) is 23.0. The largest absolute Gasteiger partial charge is 0.365 e. The molecule has 0 aliphatic heterocycles. The first-order chi connectivity index (χ1) is 16.6. The average molecular weight is 464 g/mol. The smallest absolute Gasteiger partial charge is 0.133 e. The van der Waals surface area contributed by atoms with E-state index in [1.54, 1.807) is 6.33 Å². The Morgan fingerprint density at radius 1 is 1.03 bits per heavy atom. The molecule has 3 nitrogen and oxygen atoms in total. The highest BCUT2D eigenvalue weighted by Gasteiger charge is 2.56. The number of benzene rings is 2. The number of hydrogen-bond donors (Lipinski definition) is 1. The van der Waals surface area contributed by atoms with Gasteiger partial charge in [-0.05, 0) is 58.2 Å². The van der Waals surface area contributed by atoms with E-state index in [-0.39, 0.29) is 0 Å². The van der Waals surface area contributed by atoms with Crippen LogP contribution in [0, 0.1) is 17.3 Å². The highest BCUT2D eigenvalue weighted by Crippen LogP contribution is 2.63.